The van der Waals surface area contributed by atoms with Crippen molar-refractivity contribution in [2.75, 3.05) is 20.1 Å². The molecular weight excluding hydrogens is 391 g/mol. The van der Waals surface area contributed by atoms with E-state index in [1.807, 2.05) is 0 Å². The molecule has 0 radical (unpaired) electrons. The molecule has 0 spiro atoms. The average molecular weight is 413 g/mol. The molecule has 2 rings (SSSR count). The minimum absolute atomic E-state index is 0.0121. The number of rotatable bonds is 7. The van der Waals surface area contributed by atoms with E-state index in [1.54, 1.807) is 33.0 Å². The quantitative estimate of drug-likeness (QED) is 0.695. The Morgan fingerprint density at radius 3 is 2.37 bits per heavy atom. The van der Waals surface area contributed by atoms with Crippen molar-refractivity contribution >= 4 is 27.5 Å². The molecule has 0 aromatic heterocycles. The SMILES string of the molecule is CCN(CC)S(=O)(=O)c1ccc(Cl)c(C(=O)N(C)Cc2cccc(F)c2)c1. The number of benzene rings is 2. The molecule has 0 aliphatic carbocycles. The van der Waals surface area contributed by atoms with Gasteiger partial charge in [-0.3, -0.25) is 4.79 Å². The fraction of sp³-hybridized carbons (Fsp3) is 0.316. The molecule has 5 nitrogen and oxygen atoms in total. The number of carbonyl (C=O) groups is 1. The van der Waals surface area contributed by atoms with Gasteiger partial charge in [0.15, 0.2) is 0 Å². The van der Waals surface area contributed by atoms with Crippen molar-refractivity contribution in [1.82, 2.24) is 9.21 Å². The van der Waals surface area contributed by atoms with E-state index in [0.717, 1.165) is 0 Å². The van der Waals surface area contributed by atoms with Crippen LogP contribution in [0.3, 0.4) is 0 Å². The van der Waals surface area contributed by atoms with Crippen LogP contribution in [0.2, 0.25) is 5.02 Å². The Hall–Kier alpha value is -1.96. The van der Waals surface area contributed by atoms with Crippen LogP contribution in [0.4, 0.5) is 4.39 Å². The maximum Gasteiger partial charge on any atom is 0.255 e. The highest BCUT2D eigenvalue weighted by molar-refractivity contribution is 7.89. The van der Waals surface area contributed by atoms with Crippen LogP contribution >= 0.6 is 11.6 Å². The number of hydrogen-bond donors (Lipinski definition) is 0. The van der Waals surface area contributed by atoms with Crippen LogP contribution in [0.15, 0.2) is 47.4 Å². The topological polar surface area (TPSA) is 57.7 Å². The third-order valence-corrected chi connectivity index (χ3v) is 6.54. The lowest BCUT2D eigenvalue weighted by molar-refractivity contribution is 0.0785. The molecule has 2 aromatic carbocycles. The van der Waals surface area contributed by atoms with Gasteiger partial charge in [0.2, 0.25) is 10.0 Å². The number of carbonyl (C=O) groups excluding carboxylic acids is 1. The van der Waals surface area contributed by atoms with E-state index in [9.17, 15) is 17.6 Å². The van der Waals surface area contributed by atoms with Crippen LogP contribution in [0.25, 0.3) is 0 Å². The largest absolute Gasteiger partial charge is 0.337 e. The summed E-state index contributed by atoms with van der Waals surface area (Å²) in [6.45, 7) is 4.31. The molecule has 0 unspecified atom stereocenters. The Morgan fingerprint density at radius 2 is 1.78 bits per heavy atom. The zero-order valence-electron chi connectivity index (χ0n) is 15.4. The van der Waals surface area contributed by atoms with E-state index < -0.39 is 21.7 Å². The second kappa shape index (κ2) is 8.82. The van der Waals surface area contributed by atoms with Crippen LogP contribution in [0.1, 0.15) is 29.8 Å². The van der Waals surface area contributed by atoms with Crippen molar-refractivity contribution in [1.29, 1.82) is 0 Å². The van der Waals surface area contributed by atoms with Crippen molar-refractivity contribution in [3.05, 3.63) is 64.4 Å². The highest BCUT2D eigenvalue weighted by Gasteiger charge is 2.24. The average Bonchev–Trinajstić information content (AvgIpc) is 2.62. The second-order valence-corrected chi connectivity index (χ2v) is 8.37. The smallest absolute Gasteiger partial charge is 0.255 e. The summed E-state index contributed by atoms with van der Waals surface area (Å²) in [7, 11) is -2.16. The first kappa shape index (κ1) is 21.3. The molecule has 0 saturated carbocycles. The first-order valence-corrected chi connectivity index (χ1v) is 10.3. The lowest BCUT2D eigenvalue weighted by Gasteiger charge is -2.21. The lowest BCUT2D eigenvalue weighted by atomic mass is 10.1. The van der Waals surface area contributed by atoms with E-state index in [4.69, 9.17) is 11.6 Å². The third kappa shape index (κ3) is 4.86. The molecule has 2 aromatic rings. The van der Waals surface area contributed by atoms with Crippen molar-refractivity contribution in [3.63, 3.8) is 0 Å². The van der Waals surface area contributed by atoms with Gasteiger partial charge in [0.1, 0.15) is 5.82 Å². The molecule has 1 amide bonds. The minimum atomic E-state index is -3.71. The second-order valence-electron chi connectivity index (χ2n) is 6.02. The lowest BCUT2D eigenvalue weighted by Crippen LogP contribution is -2.31. The van der Waals surface area contributed by atoms with Crippen molar-refractivity contribution in [3.8, 4) is 0 Å². The predicted octanol–water partition coefficient (Wildman–Crippen LogP) is 3.78. The number of sulfonamides is 1. The Balaban J connectivity index is 2.33. The van der Waals surface area contributed by atoms with Gasteiger partial charge in [0, 0.05) is 26.7 Å². The molecule has 0 fully saturated rings. The summed E-state index contributed by atoms with van der Waals surface area (Å²) in [6, 6.07) is 10.0. The van der Waals surface area contributed by atoms with E-state index in [1.165, 1.54) is 39.5 Å². The summed E-state index contributed by atoms with van der Waals surface area (Å²) < 4.78 is 40.0. The Kier molecular flexibility index (Phi) is 6.97. The first-order valence-electron chi connectivity index (χ1n) is 8.50. The standard InChI is InChI=1S/C19H22ClFN2O3S/c1-4-23(5-2)27(25,26)16-9-10-18(20)17(12-16)19(24)22(3)13-14-7-6-8-15(21)11-14/h6-12H,4-5,13H2,1-3H3. The normalized spacial score (nSPS) is 11.6. The number of halogens is 2. The van der Waals surface area contributed by atoms with Gasteiger partial charge in [-0.25, -0.2) is 12.8 Å². The molecule has 0 aliphatic heterocycles. The first-order chi connectivity index (χ1) is 12.7. The van der Waals surface area contributed by atoms with E-state index in [-0.39, 0.29) is 22.0 Å². The zero-order chi connectivity index (χ0) is 20.2. The number of amides is 1. The fourth-order valence-corrected chi connectivity index (χ4v) is 4.41. The molecular formula is C19H22ClFN2O3S. The van der Waals surface area contributed by atoms with Gasteiger partial charge in [-0.1, -0.05) is 37.6 Å². The van der Waals surface area contributed by atoms with Crippen molar-refractivity contribution in [2.45, 2.75) is 25.3 Å². The van der Waals surface area contributed by atoms with Gasteiger partial charge in [0.25, 0.3) is 5.91 Å². The maximum atomic E-state index is 13.3. The predicted molar refractivity (Wildman–Crippen MR) is 104 cm³/mol. The van der Waals surface area contributed by atoms with E-state index in [0.29, 0.717) is 18.7 Å². The summed E-state index contributed by atoms with van der Waals surface area (Å²) in [4.78, 5) is 14.2. The van der Waals surface area contributed by atoms with Gasteiger partial charge in [-0.15, -0.1) is 0 Å². The van der Waals surface area contributed by atoms with Crippen LogP contribution in [0, 0.1) is 5.82 Å². The van der Waals surface area contributed by atoms with Gasteiger partial charge in [-0.05, 0) is 35.9 Å². The fourth-order valence-electron chi connectivity index (χ4n) is 2.73. The number of nitrogens with zero attached hydrogens (tertiary/aromatic N) is 2. The van der Waals surface area contributed by atoms with Crippen LogP contribution in [0.5, 0.6) is 0 Å². The highest BCUT2D eigenvalue weighted by atomic mass is 35.5. The monoisotopic (exact) mass is 412 g/mol. The van der Waals surface area contributed by atoms with Crippen LogP contribution < -0.4 is 0 Å². The van der Waals surface area contributed by atoms with Gasteiger partial charge >= 0.3 is 0 Å². The maximum absolute atomic E-state index is 13.3. The molecule has 0 aliphatic rings. The van der Waals surface area contributed by atoms with E-state index >= 15 is 0 Å². The summed E-state index contributed by atoms with van der Waals surface area (Å²) in [5.41, 5.74) is 0.706. The zero-order valence-corrected chi connectivity index (χ0v) is 17.0. The van der Waals surface area contributed by atoms with Crippen molar-refractivity contribution < 1.29 is 17.6 Å². The molecule has 8 heteroatoms. The molecule has 0 saturated heterocycles. The minimum Gasteiger partial charge on any atom is -0.337 e. The Morgan fingerprint density at radius 1 is 1.11 bits per heavy atom. The molecule has 0 atom stereocenters. The summed E-state index contributed by atoms with van der Waals surface area (Å²) in [6.07, 6.45) is 0. The molecule has 0 N–H and O–H groups in total. The third-order valence-electron chi connectivity index (χ3n) is 4.17. The number of hydrogen-bond acceptors (Lipinski definition) is 3. The summed E-state index contributed by atoms with van der Waals surface area (Å²) >= 11 is 6.14. The van der Waals surface area contributed by atoms with Gasteiger partial charge in [-0.2, -0.15) is 4.31 Å². The van der Waals surface area contributed by atoms with Crippen LogP contribution in [-0.2, 0) is 16.6 Å². The summed E-state index contributed by atoms with van der Waals surface area (Å²) in [5.74, 6) is -0.834. The van der Waals surface area contributed by atoms with Gasteiger partial charge in [0.05, 0.1) is 15.5 Å². The Labute approximate surface area is 164 Å². The highest BCUT2D eigenvalue weighted by Crippen LogP contribution is 2.24. The molecule has 0 bridgehead atoms. The summed E-state index contributed by atoms with van der Waals surface area (Å²) in [5, 5.41) is 0.157. The van der Waals surface area contributed by atoms with Crippen molar-refractivity contribution in [2.24, 2.45) is 0 Å². The van der Waals surface area contributed by atoms with Crippen LogP contribution in [-0.4, -0.2) is 43.7 Å². The van der Waals surface area contributed by atoms with Gasteiger partial charge < -0.3 is 4.90 Å². The molecule has 27 heavy (non-hydrogen) atoms. The molecule has 146 valence electrons. The van der Waals surface area contributed by atoms with E-state index in [2.05, 4.69) is 0 Å². The molecule has 0 heterocycles. The Bertz CT molecular complexity index is 930.